The number of hydrogen-bond acceptors (Lipinski definition) is 8. The molecule has 200 valence electrons. The van der Waals surface area contributed by atoms with Crippen molar-refractivity contribution in [1.82, 2.24) is 19.8 Å². The number of anilines is 1. The van der Waals surface area contributed by atoms with Gasteiger partial charge in [0, 0.05) is 63.7 Å². The van der Waals surface area contributed by atoms with Crippen LogP contribution in [0, 0.1) is 0 Å². The highest BCUT2D eigenvalue weighted by Gasteiger charge is 2.23. The number of halogens is 1. The lowest BCUT2D eigenvalue weighted by atomic mass is 10.1. The maximum atomic E-state index is 13.1. The van der Waals surface area contributed by atoms with Gasteiger partial charge in [-0.3, -0.25) is 9.69 Å². The minimum atomic E-state index is 0.0775. The number of carbonyl (C=O) groups is 1. The monoisotopic (exact) mass is 553 g/mol. The maximum Gasteiger partial charge on any atom is 0.253 e. The average molecular weight is 554 g/mol. The first kappa shape index (κ1) is 26.6. The Morgan fingerprint density at radius 3 is 2.50 bits per heavy atom. The SMILES string of the molecule is CCCN(C)c1cc(Cl)nc(SCc2ccc(C(=O)N3CCN(Cc4ccc5c(c4)OCO5)CC3)cc2)n1. The van der Waals surface area contributed by atoms with Gasteiger partial charge in [-0.05, 0) is 41.8 Å². The summed E-state index contributed by atoms with van der Waals surface area (Å²) >= 11 is 7.77. The average Bonchev–Trinajstić information content (AvgIpc) is 3.40. The molecule has 38 heavy (non-hydrogen) atoms. The van der Waals surface area contributed by atoms with Crippen LogP contribution in [0.3, 0.4) is 0 Å². The van der Waals surface area contributed by atoms with E-state index in [1.807, 2.05) is 48.3 Å². The number of carbonyl (C=O) groups excluding carboxylic acids is 1. The molecule has 0 bridgehead atoms. The number of piperazine rings is 1. The van der Waals surface area contributed by atoms with Crippen molar-refractivity contribution in [2.75, 3.05) is 51.5 Å². The first-order valence-electron chi connectivity index (χ1n) is 12.9. The molecule has 0 aliphatic carbocycles. The van der Waals surface area contributed by atoms with E-state index in [0.29, 0.717) is 34.7 Å². The quantitative estimate of drug-likeness (QED) is 0.209. The van der Waals surface area contributed by atoms with Gasteiger partial charge in [0.1, 0.15) is 11.0 Å². The molecule has 1 amide bonds. The molecule has 0 unspecified atom stereocenters. The number of thioether (sulfide) groups is 1. The van der Waals surface area contributed by atoms with Crippen LogP contribution in [0.2, 0.25) is 5.15 Å². The summed E-state index contributed by atoms with van der Waals surface area (Å²) in [7, 11) is 2.01. The lowest BCUT2D eigenvalue weighted by Gasteiger charge is -2.34. The zero-order chi connectivity index (χ0) is 26.5. The Morgan fingerprint density at radius 2 is 1.74 bits per heavy atom. The standard InChI is InChI=1S/C28H32ClN5O3S/c1-3-10-32(2)26-16-25(29)30-28(31-26)38-18-20-4-7-22(8-5-20)27(35)34-13-11-33(12-14-34)17-21-6-9-23-24(15-21)37-19-36-23/h4-9,15-16H,3,10-14,17-19H2,1-2H3. The molecule has 3 heterocycles. The fourth-order valence-electron chi connectivity index (χ4n) is 4.58. The van der Waals surface area contributed by atoms with Crippen LogP contribution in [-0.2, 0) is 12.3 Å². The van der Waals surface area contributed by atoms with E-state index >= 15 is 0 Å². The molecule has 0 spiro atoms. The molecular formula is C28H32ClN5O3S. The number of amides is 1. The molecule has 5 rings (SSSR count). The summed E-state index contributed by atoms with van der Waals surface area (Å²) in [5.74, 6) is 3.21. The van der Waals surface area contributed by atoms with Gasteiger partial charge in [-0.2, -0.15) is 0 Å². The largest absolute Gasteiger partial charge is 0.454 e. The number of nitrogens with zero attached hydrogens (tertiary/aromatic N) is 5. The van der Waals surface area contributed by atoms with E-state index in [1.165, 1.54) is 17.3 Å². The molecule has 2 aliphatic heterocycles. The minimum absolute atomic E-state index is 0.0775. The summed E-state index contributed by atoms with van der Waals surface area (Å²) in [6.07, 6.45) is 1.03. The third-order valence-corrected chi connectivity index (χ3v) is 7.79. The molecule has 8 nitrogen and oxygen atoms in total. The molecule has 0 atom stereocenters. The van der Waals surface area contributed by atoms with Crippen LogP contribution in [0.15, 0.2) is 53.7 Å². The first-order chi connectivity index (χ1) is 18.5. The minimum Gasteiger partial charge on any atom is -0.454 e. The van der Waals surface area contributed by atoms with Crippen molar-refractivity contribution in [3.8, 4) is 11.5 Å². The van der Waals surface area contributed by atoms with Crippen molar-refractivity contribution in [3.05, 3.63) is 70.4 Å². The number of ether oxygens (including phenoxy) is 2. The number of benzene rings is 2. The van der Waals surface area contributed by atoms with E-state index < -0.39 is 0 Å². The highest BCUT2D eigenvalue weighted by molar-refractivity contribution is 7.98. The molecule has 10 heteroatoms. The number of hydrogen-bond donors (Lipinski definition) is 0. The van der Waals surface area contributed by atoms with Crippen LogP contribution in [0.25, 0.3) is 0 Å². The highest BCUT2D eigenvalue weighted by Crippen LogP contribution is 2.33. The first-order valence-corrected chi connectivity index (χ1v) is 14.2. The summed E-state index contributed by atoms with van der Waals surface area (Å²) in [5.41, 5.74) is 3.01. The summed E-state index contributed by atoms with van der Waals surface area (Å²) in [4.78, 5) is 28.5. The topological polar surface area (TPSA) is 71.0 Å². The molecular weight excluding hydrogens is 522 g/mol. The third kappa shape index (κ3) is 6.51. The second-order valence-electron chi connectivity index (χ2n) is 9.49. The van der Waals surface area contributed by atoms with Gasteiger partial charge in [0.15, 0.2) is 16.7 Å². The Bertz CT molecular complexity index is 1270. The predicted octanol–water partition coefficient (Wildman–Crippen LogP) is 4.96. The van der Waals surface area contributed by atoms with Crippen LogP contribution in [0.4, 0.5) is 5.82 Å². The number of rotatable bonds is 9. The lowest BCUT2D eigenvalue weighted by Crippen LogP contribution is -2.48. The Kier molecular flexibility index (Phi) is 8.56. The molecule has 2 aliphatic rings. The molecule has 1 fully saturated rings. The number of aromatic nitrogens is 2. The van der Waals surface area contributed by atoms with Crippen LogP contribution >= 0.6 is 23.4 Å². The maximum absolute atomic E-state index is 13.1. The van der Waals surface area contributed by atoms with Crippen LogP contribution in [0.5, 0.6) is 11.5 Å². The second kappa shape index (κ2) is 12.2. The third-order valence-electron chi connectivity index (χ3n) is 6.68. The van der Waals surface area contributed by atoms with E-state index in [-0.39, 0.29) is 12.7 Å². The van der Waals surface area contributed by atoms with E-state index in [1.54, 1.807) is 6.07 Å². The lowest BCUT2D eigenvalue weighted by molar-refractivity contribution is 0.0628. The van der Waals surface area contributed by atoms with Gasteiger partial charge in [-0.25, -0.2) is 9.97 Å². The van der Waals surface area contributed by atoms with Crippen molar-refractivity contribution in [2.45, 2.75) is 30.8 Å². The Morgan fingerprint density at radius 1 is 1.00 bits per heavy atom. The fourth-order valence-corrected chi connectivity index (χ4v) is 5.61. The fraction of sp³-hybridized carbons (Fsp3) is 0.393. The van der Waals surface area contributed by atoms with Crippen LogP contribution < -0.4 is 14.4 Å². The zero-order valence-corrected chi connectivity index (χ0v) is 23.3. The Labute approximate surface area is 232 Å². The van der Waals surface area contributed by atoms with Crippen molar-refractivity contribution in [3.63, 3.8) is 0 Å². The summed E-state index contributed by atoms with van der Waals surface area (Å²) in [5, 5.41) is 1.09. The van der Waals surface area contributed by atoms with Crippen LogP contribution in [-0.4, -0.2) is 72.2 Å². The van der Waals surface area contributed by atoms with Crippen molar-refractivity contribution in [2.24, 2.45) is 0 Å². The molecule has 0 saturated carbocycles. The number of fused-ring (bicyclic) bond motifs is 1. The highest BCUT2D eigenvalue weighted by atomic mass is 35.5. The normalized spacial score (nSPS) is 15.1. The van der Waals surface area contributed by atoms with Gasteiger partial charge in [0.2, 0.25) is 6.79 Å². The van der Waals surface area contributed by atoms with Crippen molar-refractivity contribution in [1.29, 1.82) is 0 Å². The zero-order valence-electron chi connectivity index (χ0n) is 21.7. The van der Waals surface area contributed by atoms with Crippen molar-refractivity contribution < 1.29 is 14.3 Å². The van der Waals surface area contributed by atoms with Gasteiger partial charge in [0.25, 0.3) is 5.91 Å². The summed E-state index contributed by atoms with van der Waals surface area (Å²) in [6, 6.07) is 15.7. The van der Waals surface area contributed by atoms with E-state index in [0.717, 1.165) is 55.5 Å². The smallest absolute Gasteiger partial charge is 0.253 e. The molecule has 2 aromatic carbocycles. The molecule has 3 aromatic rings. The summed E-state index contributed by atoms with van der Waals surface area (Å²) in [6.45, 7) is 7.25. The van der Waals surface area contributed by atoms with E-state index in [2.05, 4.69) is 32.8 Å². The van der Waals surface area contributed by atoms with Crippen molar-refractivity contribution >= 4 is 35.1 Å². The molecule has 0 radical (unpaired) electrons. The van der Waals surface area contributed by atoms with Gasteiger partial charge in [0.05, 0.1) is 0 Å². The second-order valence-corrected chi connectivity index (χ2v) is 10.8. The summed E-state index contributed by atoms with van der Waals surface area (Å²) < 4.78 is 10.9. The van der Waals surface area contributed by atoms with Crippen LogP contribution in [0.1, 0.15) is 34.8 Å². The Balaban J connectivity index is 1.11. The van der Waals surface area contributed by atoms with Gasteiger partial charge >= 0.3 is 0 Å². The van der Waals surface area contributed by atoms with E-state index in [9.17, 15) is 4.79 Å². The molecule has 1 aromatic heterocycles. The van der Waals surface area contributed by atoms with Gasteiger partial charge in [-0.15, -0.1) is 0 Å². The van der Waals surface area contributed by atoms with E-state index in [4.69, 9.17) is 21.1 Å². The van der Waals surface area contributed by atoms with Gasteiger partial charge in [-0.1, -0.05) is 48.5 Å². The molecule has 1 saturated heterocycles. The van der Waals surface area contributed by atoms with Gasteiger partial charge < -0.3 is 19.3 Å². The Hall–Kier alpha value is -3.01. The predicted molar refractivity (Wildman–Crippen MR) is 150 cm³/mol. The molecule has 0 N–H and O–H groups in total.